The van der Waals surface area contributed by atoms with Crippen molar-refractivity contribution in [3.8, 4) is 0 Å². The summed E-state index contributed by atoms with van der Waals surface area (Å²) in [6, 6.07) is 10.1. The number of rotatable bonds is 6. The lowest BCUT2D eigenvalue weighted by atomic mass is 10.2. The van der Waals surface area contributed by atoms with Gasteiger partial charge in [-0.05, 0) is 42.0 Å². The van der Waals surface area contributed by atoms with E-state index < -0.39 is 21.7 Å². The van der Waals surface area contributed by atoms with Gasteiger partial charge < -0.3 is 4.90 Å². The molecule has 140 valence electrons. The smallest absolute Gasteiger partial charge is 0.242 e. The minimum atomic E-state index is -3.65. The lowest BCUT2D eigenvalue weighted by Gasteiger charge is -2.24. The fourth-order valence-corrected chi connectivity index (χ4v) is 3.25. The van der Waals surface area contributed by atoms with Crippen LogP contribution in [0, 0.1) is 5.82 Å². The Balaban J connectivity index is 2.18. The molecule has 2 aromatic carbocycles. The minimum absolute atomic E-state index is 0.0290. The number of hydrogen-bond donors (Lipinski definition) is 0. The molecule has 0 bridgehead atoms. The molecule has 0 aliphatic heterocycles. The first-order chi connectivity index (χ1) is 12.1. The van der Waals surface area contributed by atoms with Crippen molar-refractivity contribution in [2.24, 2.45) is 0 Å². The maximum atomic E-state index is 13.0. The summed E-state index contributed by atoms with van der Waals surface area (Å²) in [5.41, 5.74) is 1.06. The molecule has 0 saturated heterocycles. The van der Waals surface area contributed by atoms with Crippen LogP contribution in [0.15, 0.2) is 42.5 Å². The third-order valence-corrected chi connectivity index (χ3v) is 5.65. The van der Waals surface area contributed by atoms with Crippen molar-refractivity contribution < 1.29 is 17.6 Å². The highest BCUT2D eigenvalue weighted by molar-refractivity contribution is 7.88. The molecule has 0 saturated carbocycles. The second-order valence-electron chi connectivity index (χ2n) is 5.71. The van der Waals surface area contributed by atoms with E-state index in [1.54, 1.807) is 18.2 Å². The monoisotopic (exact) mass is 418 g/mol. The van der Waals surface area contributed by atoms with E-state index >= 15 is 0 Å². The van der Waals surface area contributed by atoms with E-state index in [4.69, 9.17) is 23.2 Å². The normalized spacial score (nSPS) is 11.6. The molecule has 0 N–H and O–H groups in total. The van der Waals surface area contributed by atoms with Crippen molar-refractivity contribution in [1.82, 2.24) is 4.31 Å². The third-order valence-electron chi connectivity index (χ3n) is 3.71. The lowest BCUT2D eigenvalue weighted by Crippen LogP contribution is -2.40. The topological polar surface area (TPSA) is 57.7 Å². The first kappa shape index (κ1) is 20.6. The number of hydrogen-bond acceptors (Lipinski definition) is 3. The number of carbonyl (C=O) groups is 1. The third kappa shape index (κ3) is 5.41. The molecule has 1 amide bonds. The molecular weight excluding hydrogens is 402 g/mol. The van der Waals surface area contributed by atoms with E-state index in [0.29, 0.717) is 21.3 Å². The van der Waals surface area contributed by atoms with E-state index in [-0.39, 0.29) is 13.1 Å². The average Bonchev–Trinajstić information content (AvgIpc) is 2.56. The van der Waals surface area contributed by atoms with Gasteiger partial charge in [0.25, 0.3) is 0 Å². The van der Waals surface area contributed by atoms with Gasteiger partial charge >= 0.3 is 0 Å². The largest absolute Gasteiger partial charge is 0.314 e. The van der Waals surface area contributed by atoms with Crippen molar-refractivity contribution in [3.05, 3.63) is 63.9 Å². The Morgan fingerprint density at radius 2 is 1.69 bits per heavy atom. The van der Waals surface area contributed by atoms with Crippen molar-refractivity contribution in [1.29, 1.82) is 0 Å². The summed E-state index contributed by atoms with van der Waals surface area (Å²) in [6.45, 7) is -0.397. The van der Waals surface area contributed by atoms with Gasteiger partial charge in [-0.1, -0.05) is 29.3 Å². The van der Waals surface area contributed by atoms with Crippen LogP contribution < -0.4 is 4.90 Å². The Hall–Kier alpha value is -1.67. The van der Waals surface area contributed by atoms with Gasteiger partial charge in [0, 0.05) is 19.3 Å². The van der Waals surface area contributed by atoms with Gasteiger partial charge in [-0.3, -0.25) is 4.79 Å². The molecule has 0 aliphatic carbocycles. The highest BCUT2D eigenvalue weighted by atomic mass is 35.5. The van der Waals surface area contributed by atoms with Crippen LogP contribution in [0.5, 0.6) is 0 Å². The molecule has 0 fully saturated rings. The van der Waals surface area contributed by atoms with Crippen LogP contribution in [-0.2, 0) is 21.4 Å². The Morgan fingerprint density at radius 1 is 1.08 bits per heavy atom. The zero-order valence-corrected chi connectivity index (χ0v) is 16.4. The van der Waals surface area contributed by atoms with E-state index in [2.05, 4.69) is 0 Å². The fraction of sp³-hybridized carbons (Fsp3) is 0.235. The molecule has 0 atom stereocenters. The highest BCUT2D eigenvalue weighted by Gasteiger charge is 2.23. The number of carbonyl (C=O) groups excluding carboxylic acids is 1. The first-order valence-corrected chi connectivity index (χ1v) is 10.1. The van der Waals surface area contributed by atoms with Gasteiger partial charge in [0.05, 0.1) is 22.8 Å². The molecule has 2 rings (SSSR count). The molecule has 0 spiro atoms. The summed E-state index contributed by atoms with van der Waals surface area (Å²) in [4.78, 5) is 13.7. The van der Waals surface area contributed by atoms with Gasteiger partial charge in [0.2, 0.25) is 15.9 Å². The second kappa shape index (κ2) is 8.35. The summed E-state index contributed by atoms with van der Waals surface area (Å²) >= 11 is 11.8. The molecule has 0 unspecified atom stereocenters. The number of nitrogens with zero attached hydrogens (tertiary/aromatic N) is 2. The number of sulfonamides is 1. The highest BCUT2D eigenvalue weighted by Crippen LogP contribution is 2.24. The van der Waals surface area contributed by atoms with Crippen molar-refractivity contribution >= 4 is 44.8 Å². The van der Waals surface area contributed by atoms with Crippen LogP contribution in [0.3, 0.4) is 0 Å². The summed E-state index contributed by atoms with van der Waals surface area (Å²) in [5, 5.41) is 0.654. The predicted octanol–water partition coefficient (Wildman–Crippen LogP) is 3.56. The van der Waals surface area contributed by atoms with E-state index in [1.807, 2.05) is 0 Å². The number of anilines is 1. The Kier molecular flexibility index (Phi) is 6.63. The van der Waals surface area contributed by atoms with Gasteiger partial charge in [0.1, 0.15) is 5.82 Å². The van der Waals surface area contributed by atoms with Crippen LogP contribution >= 0.6 is 23.2 Å². The summed E-state index contributed by atoms with van der Waals surface area (Å²) in [5.74, 6) is -0.880. The lowest BCUT2D eigenvalue weighted by molar-refractivity contribution is -0.118. The fourth-order valence-electron chi connectivity index (χ4n) is 2.20. The van der Waals surface area contributed by atoms with Crippen LogP contribution in [0.4, 0.5) is 10.1 Å². The van der Waals surface area contributed by atoms with Crippen molar-refractivity contribution in [3.63, 3.8) is 0 Å². The van der Waals surface area contributed by atoms with Crippen LogP contribution in [0.25, 0.3) is 0 Å². The molecule has 0 aliphatic rings. The Morgan fingerprint density at radius 3 is 2.23 bits per heavy atom. The van der Waals surface area contributed by atoms with E-state index in [0.717, 1.165) is 10.6 Å². The summed E-state index contributed by atoms with van der Waals surface area (Å²) in [7, 11) is -2.16. The SMILES string of the molecule is CN(C(=O)CN(Cc1ccc(Cl)c(Cl)c1)S(C)(=O)=O)c1ccc(F)cc1. The van der Waals surface area contributed by atoms with Crippen molar-refractivity contribution in [2.45, 2.75) is 6.54 Å². The summed E-state index contributed by atoms with van der Waals surface area (Å²) in [6.07, 6.45) is 1.02. The quantitative estimate of drug-likeness (QED) is 0.720. The average molecular weight is 419 g/mol. The first-order valence-electron chi connectivity index (χ1n) is 7.49. The van der Waals surface area contributed by atoms with Gasteiger partial charge in [0.15, 0.2) is 0 Å². The maximum absolute atomic E-state index is 13.0. The van der Waals surface area contributed by atoms with Crippen molar-refractivity contribution in [2.75, 3.05) is 24.7 Å². The Labute approximate surface area is 162 Å². The zero-order chi connectivity index (χ0) is 19.5. The van der Waals surface area contributed by atoms with Gasteiger partial charge in [-0.2, -0.15) is 4.31 Å². The molecule has 0 aromatic heterocycles. The number of likely N-dealkylation sites (N-methyl/N-ethyl adjacent to an activating group) is 1. The standard InChI is InChI=1S/C17H17Cl2FN2O3S/c1-21(14-6-4-13(20)5-7-14)17(23)11-22(26(2,24)25)10-12-3-8-15(18)16(19)9-12/h3-9H,10-11H2,1-2H3. The zero-order valence-electron chi connectivity index (χ0n) is 14.1. The van der Waals surface area contributed by atoms with Crippen LogP contribution in [-0.4, -0.2) is 38.5 Å². The molecule has 5 nitrogen and oxygen atoms in total. The molecule has 26 heavy (non-hydrogen) atoms. The van der Waals surface area contributed by atoms with Crippen LogP contribution in [0.1, 0.15) is 5.56 Å². The molecule has 9 heteroatoms. The molecule has 2 aromatic rings. The molecular formula is C17H17Cl2FN2O3S. The number of amides is 1. The second-order valence-corrected chi connectivity index (χ2v) is 8.51. The number of halogens is 3. The van der Waals surface area contributed by atoms with Gasteiger partial charge in [-0.15, -0.1) is 0 Å². The molecule has 0 radical (unpaired) electrons. The van der Waals surface area contributed by atoms with Gasteiger partial charge in [-0.25, -0.2) is 12.8 Å². The Bertz CT molecular complexity index is 905. The van der Waals surface area contributed by atoms with Crippen LogP contribution in [0.2, 0.25) is 10.0 Å². The molecule has 0 heterocycles. The predicted molar refractivity (Wildman–Crippen MR) is 102 cm³/mol. The van der Waals surface area contributed by atoms with E-state index in [1.165, 1.54) is 36.2 Å². The minimum Gasteiger partial charge on any atom is -0.314 e. The summed E-state index contributed by atoms with van der Waals surface area (Å²) < 4.78 is 38.2. The van der Waals surface area contributed by atoms with E-state index in [9.17, 15) is 17.6 Å². The number of benzene rings is 2. The maximum Gasteiger partial charge on any atom is 0.242 e.